The van der Waals surface area contributed by atoms with Gasteiger partial charge in [0.25, 0.3) is 0 Å². The Kier molecular flexibility index (Phi) is 4.38. The Hall–Kier alpha value is -0.313. The third-order valence-electron chi connectivity index (χ3n) is 2.73. The summed E-state index contributed by atoms with van der Waals surface area (Å²) in [6.07, 6.45) is 0. The highest BCUT2D eigenvalue weighted by Gasteiger charge is 2.26. The lowest BCUT2D eigenvalue weighted by atomic mass is 10.2. The molecule has 0 saturated carbocycles. The van der Waals surface area contributed by atoms with Gasteiger partial charge in [0.15, 0.2) is 7.38 Å². The molecule has 0 N–H and O–H groups in total. The second-order valence-corrected chi connectivity index (χ2v) is 10.6. The summed E-state index contributed by atoms with van der Waals surface area (Å²) in [5.74, 6) is 0. The molecule has 0 aromatic heterocycles. The van der Waals surface area contributed by atoms with E-state index >= 15 is 0 Å². The van der Waals surface area contributed by atoms with Crippen molar-refractivity contribution >= 4 is 23.6 Å². The molecule has 1 nitrogen and oxygen atoms in total. The van der Waals surface area contributed by atoms with Gasteiger partial charge in [-0.05, 0) is 30.9 Å². The normalized spacial score (nSPS) is 15.3. The lowest BCUT2D eigenvalue weighted by Gasteiger charge is -2.23. The fraction of sp³-hybridized carbons (Fsp3) is 0.500. The van der Waals surface area contributed by atoms with E-state index in [1.807, 2.05) is 0 Å². The van der Waals surface area contributed by atoms with Crippen LogP contribution < -0.4 is 5.19 Å². The number of nitrogens with zero attached hydrogens (tertiary/aromatic N) is 1. The SMILES string of the molecule is CC[Si](C)(Cl)c1ccccc1CN(C)C. The summed E-state index contributed by atoms with van der Waals surface area (Å²) in [6, 6.07) is 9.66. The number of hydrogen-bond acceptors (Lipinski definition) is 1. The highest BCUT2D eigenvalue weighted by atomic mass is 35.6. The molecule has 1 rings (SSSR count). The minimum atomic E-state index is -1.72. The third-order valence-corrected chi connectivity index (χ3v) is 7.08. The van der Waals surface area contributed by atoms with Crippen LogP contribution in [0.2, 0.25) is 12.6 Å². The molecule has 0 aliphatic rings. The summed E-state index contributed by atoms with van der Waals surface area (Å²) in [6.45, 7) is 5.39. The summed E-state index contributed by atoms with van der Waals surface area (Å²) >= 11 is 6.66. The molecule has 0 bridgehead atoms. The minimum absolute atomic E-state index is 0.978. The van der Waals surface area contributed by atoms with Gasteiger partial charge in [-0.25, -0.2) is 0 Å². The van der Waals surface area contributed by atoms with Gasteiger partial charge in [-0.1, -0.05) is 37.7 Å². The lowest BCUT2D eigenvalue weighted by Crippen LogP contribution is -2.41. The average molecular weight is 242 g/mol. The summed E-state index contributed by atoms with van der Waals surface area (Å²) in [5, 5.41) is 1.39. The number of halogens is 1. The van der Waals surface area contributed by atoms with E-state index in [-0.39, 0.29) is 0 Å². The first-order valence-electron chi connectivity index (χ1n) is 5.39. The largest absolute Gasteiger partial charge is 0.305 e. The fourth-order valence-corrected chi connectivity index (χ4v) is 3.91. The van der Waals surface area contributed by atoms with Crippen LogP contribution in [0.25, 0.3) is 0 Å². The van der Waals surface area contributed by atoms with Crippen LogP contribution in [0.3, 0.4) is 0 Å². The van der Waals surface area contributed by atoms with Crippen LogP contribution in [0.1, 0.15) is 12.5 Å². The van der Waals surface area contributed by atoms with E-state index in [4.69, 9.17) is 11.1 Å². The van der Waals surface area contributed by atoms with Gasteiger partial charge in [0.05, 0.1) is 0 Å². The second kappa shape index (κ2) is 5.15. The molecule has 1 unspecified atom stereocenters. The molecule has 0 radical (unpaired) electrons. The molecule has 84 valence electrons. The van der Waals surface area contributed by atoms with Gasteiger partial charge < -0.3 is 4.90 Å². The number of rotatable bonds is 4. The smallest absolute Gasteiger partial charge is 0.183 e. The van der Waals surface area contributed by atoms with Crippen molar-refractivity contribution in [3.05, 3.63) is 29.8 Å². The minimum Gasteiger partial charge on any atom is -0.305 e. The Bertz CT molecular complexity index is 323. The quantitative estimate of drug-likeness (QED) is 0.579. The predicted octanol–water partition coefficient (Wildman–Crippen LogP) is 2.79. The maximum absolute atomic E-state index is 6.66. The molecule has 0 heterocycles. The fourth-order valence-electron chi connectivity index (χ4n) is 1.70. The molecule has 15 heavy (non-hydrogen) atoms. The van der Waals surface area contributed by atoms with Gasteiger partial charge in [-0.15, -0.1) is 0 Å². The first-order valence-corrected chi connectivity index (χ1v) is 9.11. The van der Waals surface area contributed by atoms with E-state index in [0.29, 0.717) is 0 Å². The molecule has 1 aromatic carbocycles. The van der Waals surface area contributed by atoms with Gasteiger partial charge in [0.1, 0.15) is 0 Å². The monoisotopic (exact) mass is 241 g/mol. The van der Waals surface area contributed by atoms with E-state index in [1.165, 1.54) is 10.8 Å². The summed E-state index contributed by atoms with van der Waals surface area (Å²) in [4.78, 5) is 2.19. The van der Waals surface area contributed by atoms with E-state index in [1.54, 1.807) is 0 Å². The van der Waals surface area contributed by atoms with Crippen molar-refractivity contribution in [3.63, 3.8) is 0 Å². The van der Waals surface area contributed by atoms with Crippen molar-refractivity contribution in [2.24, 2.45) is 0 Å². The topological polar surface area (TPSA) is 3.24 Å². The number of benzene rings is 1. The van der Waals surface area contributed by atoms with Crippen molar-refractivity contribution in [2.75, 3.05) is 14.1 Å². The Morgan fingerprint density at radius 1 is 1.27 bits per heavy atom. The summed E-state index contributed by atoms with van der Waals surface area (Å²) < 4.78 is 0. The van der Waals surface area contributed by atoms with Crippen LogP contribution in [-0.2, 0) is 6.54 Å². The molecule has 0 fully saturated rings. The van der Waals surface area contributed by atoms with Gasteiger partial charge in [0.2, 0.25) is 0 Å². The van der Waals surface area contributed by atoms with Crippen molar-refractivity contribution in [2.45, 2.75) is 26.1 Å². The van der Waals surface area contributed by atoms with Crippen molar-refractivity contribution < 1.29 is 0 Å². The van der Waals surface area contributed by atoms with Crippen LogP contribution in [0, 0.1) is 0 Å². The van der Waals surface area contributed by atoms with Crippen LogP contribution in [0.5, 0.6) is 0 Å². The van der Waals surface area contributed by atoms with Crippen molar-refractivity contribution in [1.29, 1.82) is 0 Å². The van der Waals surface area contributed by atoms with Gasteiger partial charge in [-0.2, -0.15) is 11.1 Å². The summed E-state index contributed by atoms with van der Waals surface area (Å²) in [7, 11) is 2.47. The summed E-state index contributed by atoms with van der Waals surface area (Å²) in [5.41, 5.74) is 1.38. The first kappa shape index (κ1) is 12.8. The van der Waals surface area contributed by atoms with E-state index in [2.05, 4.69) is 56.7 Å². The molecule has 1 atom stereocenters. The van der Waals surface area contributed by atoms with E-state index in [0.717, 1.165) is 12.6 Å². The van der Waals surface area contributed by atoms with Crippen LogP contribution >= 0.6 is 11.1 Å². The molecule has 0 aliphatic heterocycles. The zero-order valence-corrected chi connectivity index (χ0v) is 11.8. The molecule has 1 aromatic rings. The van der Waals surface area contributed by atoms with Crippen LogP contribution in [0.15, 0.2) is 24.3 Å². The molecule has 0 aliphatic carbocycles. The predicted molar refractivity (Wildman–Crippen MR) is 71.4 cm³/mol. The molecule has 0 amide bonds. The standard InChI is InChI=1S/C12H20ClNSi/c1-5-15(4,13)12-9-7-6-8-11(12)10-14(2)3/h6-9H,5,10H2,1-4H3. The zero-order valence-electron chi connectivity index (χ0n) is 10.0. The van der Waals surface area contributed by atoms with Crippen LogP contribution in [0.4, 0.5) is 0 Å². The van der Waals surface area contributed by atoms with Crippen LogP contribution in [-0.4, -0.2) is 26.4 Å². The Balaban J connectivity index is 3.06. The van der Waals surface area contributed by atoms with Crippen molar-refractivity contribution in [3.8, 4) is 0 Å². The first-order chi connectivity index (χ1) is 6.97. The third kappa shape index (κ3) is 3.33. The van der Waals surface area contributed by atoms with Gasteiger partial charge >= 0.3 is 0 Å². The van der Waals surface area contributed by atoms with Gasteiger partial charge in [-0.3, -0.25) is 0 Å². The molecular weight excluding hydrogens is 222 g/mol. The van der Waals surface area contributed by atoms with Gasteiger partial charge in [0, 0.05) is 6.54 Å². The molecule has 0 spiro atoms. The maximum atomic E-state index is 6.66. The lowest BCUT2D eigenvalue weighted by molar-refractivity contribution is 0.403. The Labute approximate surface area is 98.8 Å². The highest BCUT2D eigenvalue weighted by Crippen LogP contribution is 2.17. The van der Waals surface area contributed by atoms with E-state index in [9.17, 15) is 0 Å². The second-order valence-electron chi connectivity index (χ2n) is 4.45. The van der Waals surface area contributed by atoms with Crippen molar-refractivity contribution in [1.82, 2.24) is 4.90 Å². The average Bonchev–Trinajstić information content (AvgIpc) is 2.17. The molecular formula is C12H20ClNSi. The maximum Gasteiger partial charge on any atom is 0.183 e. The zero-order chi connectivity index (χ0) is 11.5. The van der Waals surface area contributed by atoms with E-state index < -0.39 is 7.38 Å². The Morgan fingerprint density at radius 2 is 1.87 bits per heavy atom. The Morgan fingerprint density at radius 3 is 2.40 bits per heavy atom. The number of hydrogen-bond donors (Lipinski definition) is 0. The highest BCUT2D eigenvalue weighted by molar-refractivity contribution is 7.26. The molecule has 0 saturated heterocycles. The molecule has 3 heteroatoms.